The van der Waals surface area contributed by atoms with Crippen molar-refractivity contribution in [2.45, 2.75) is 24.1 Å². The van der Waals surface area contributed by atoms with E-state index in [9.17, 15) is 4.79 Å². The molecule has 0 bridgehead atoms. The molecule has 2 aromatic carbocycles. The molecule has 27 heavy (non-hydrogen) atoms. The molecule has 1 aliphatic heterocycles. The Balaban J connectivity index is 1.88. The van der Waals surface area contributed by atoms with Gasteiger partial charge in [0.1, 0.15) is 5.75 Å². The van der Waals surface area contributed by atoms with Gasteiger partial charge in [-0.2, -0.15) is 0 Å². The number of halogens is 1. The summed E-state index contributed by atoms with van der Waals surface area (Å²) in [5, 5.41) is 1.68. The summed E-state index contributed by atoms with van der Waals surface area (Å²) in [6.45, 7) is 0.797. The lowest BCUT2D eigenvalue weighted by molar-refractivity contribution is 0.129. The largest absolute Gasteiger partial charge is 0.495 e. The number of para-hydroxylation sites is 2. The zero-order valence-corrected chi connectivity index (χ0v) is 16.4. The molecule has 4 rings (SSSR count). The highest BCUT2D eigenvalue weighted by molar-refractivity contribution is 7.99. The van der Waals surface area contributed by atoms with E-state index in [4.69, 9.17) is 26.1 Å². The van der Waals surface area contributed by atoms with Gasteiger partial charge < -0.3 is 9.47 Å². The maximum absolute atomic E-state index is 13.3. The van der Waals surface area contributed by atoms with Crippen molar-refractivity contribution < 1.29 is 9.47 Å². The van der Waals surface area contributed by atoms with Crippen LogP contribution in [0.5, 0.6) is 5.75 Å². The SMILES string of the molecule is COc1ccccc1-n1c(SCC2CCCO2)nc2cc(Cl)ccc2c1=O. The maximum atomic E-state index is 13.3. The first-order valence-corrected chi connectivity index (χ1v) is 10.1. The van der Waals surface area contributed by atoms with Gasteiger partial charge in [-0.05, 0) is 43.2 Å². The number of thioether (sulfide) groups is 1. The predicted octanol–water partition coefficient (Wildman–Crippen LogP) is 4.32. The number of hydrogen-bond acceptors (Lipinski definition) is 5. The lowest BCUT2D eigenvalue weighted by Gasteiger charge is -2.16. The van der Waals surface area contributed by atoms with Crippen LogP contribution in [0.25, 0.3) is 16.6 Å². The van der Waals surface area contributed by atoms with Gasteiger partial charge in [0.15, 0.2) is 5.16 Å². The zero-order chi connectivity index (χ0) is 18.8. The molecule has 3 aromatic rings. The highest BCUT2D eigenvalue weighted by Gasteiger charge is 2.20. The summed E-state index contributed by atoms with van der Waals surface area (Å²) in [7, 11) is 1.59. The van der Waals surface area contributed by atoms with Crippen LogP contribution in [0.4, 0.5) is 0 Å². The highest BCUT2D eigenvalue weighted by atomic mass is 35.5. The summed E-state index contributed by atoms with van der Waals surface area (Å²) in [4.78, 5) is 18.0. The molecule has 1 atom stereocenters. The van der Waals surface area contributed by atoms with Crippen LogP contribution in [0.3, 0.4) is 0 Å². The van der Waals surface area contributed by atoms with Gasteiger partial charge in [-0.3, -0.25) is 9.36 Å². The molecule has 0 spiro atoms. The van der Waals surface area contributed by atoms with Gasteiger partial charge in [0.05, 0.1) is 29.8 Å². The van der Waals surface area contributed by atoms with E-state index in [1.54, 1.807) is 29.9 Å². The molecule has 1 saturated heterocycles. The molecular weight excluding hydrogens is 384 g/mol. The lowest BCUT2D eigenvalue weighted by Crippen LogP contribution is -2.23. The number of rotatable bonds is 5. The second-order valence-corrected chi connectivity index (χ2v) is 7.74. The van der Waals surface area contributed by atoms with Gasteiger partial charge in [0.25, 0.3) is 5.56 Å². The zero-order valence-electron chi connectivity index (χ0n) is 14.9. The molecule has 1 aliphatic rings. The Bertz CT molecular complexity index is 1030. The third-order valence-corrected chi connectivity index (χ3v) is 5.85. The van der Waals surface area contributed by atoms with E-state index in [2.05, 4.69) is 0 Å². The van der Waals surface area contributed by atoms with Crippen LogP contribution in [-0.2, 0) is 4.74 Å². The van der Waals surface area contributed by atoms with Crippen molar-refractivity contribution in [3.63, 3.8) is 0 Å². The molecule has 0 N–H and O–H groups in total. The van der Waals surface area contributed by atoms with E-state index in [1.165, 1.54) is 11.8 Å². The van der Waals surface area contributed by atoms with Gasteiger partial charge in [0.2, 0.25) is 0 Å². The minimum absolute atomic E-state index is 0.143. The van der Waals surface area contributed by atoms with Crippen molar-refractivity contribution in [2.24, 2.45) is 0 Å². The average molecular weight is 403 g/mol. The van der Waals surface area contributed by atoms with Crippen molar-refractivity contribution in [1.29, 1.82) is 0 Å². The third kappa shape index (κ3) is 3.70. The summed E-state index contributed by atoms with van der Waals surface area (Å²) in [6, 6.07) is 12.6. The number of fused-ring (bicyclic) bond motifs is 1. The maximum Gasteiger partial charge on any atom is 0.266 e. The van der Waals surface area contributed by atoms with E-state index in [-0.39, 0.29) is 11.7 Å². The fourth-order valence-electron chi connectivity index (χ4n) is 3.21. The Hall–Kier alpha value is -2.02. The van der Waals surface area contributed by atoms with Crippen LogP contribution in [0.2, 0.25) is 5.02 Å². The van der Waals surface area contributed by atoms with E-state index in [1.807, 2.05) is 24.3 Å². The molecule has 7 heteroatoms. The van der Waals surface area contributed by atoms with E-state index in [0.29, 0.717) is 32.5 Å². The Labute approximate surface area is 166 Å². The van der Waals surface area contributed by atoms with Crippen molar-refractivity contribution >= 4 is 34.3 Å². The normalized spacial score (nSPS) is 16.7. The fourth-order valence-corrected chi connectivity index (χ4v) is 4.44. The molecule has 0 radical (unpaired) electrons. The van der Waals surface area contributed by atoms with Crippen LogP contribution in [0, 0.1) is 0 Å². The van der Waals surface area contributed by atoms with Crippen LogP contribution in [0.15, 0.2) is 52.4 Å². The van der Waals surface area contributed by atoms with Crippen molar-refractivity contribution in [2.75, 3.05) is 19.5 Å². The molecule has 0 aliphatic carbocycles. The minimum atomic E-state index is -0.143. The molecular formula is C20H19ClN2O3S. The summed E-state index contributed by atoms with van der Waals surface area (Å²) >= 11 is 7.63. The third-order valence-electron chi connectivity index (χ3n) is 4.55. The lowest BCUT2D eigenvalue weighted by atomic mass is 10.2. The summed E-state index contributed by atoms with van der Waals surface area (Å²) in [6.07, 6.45) is 2.30. The number of hydrogen-bond donors (Lipinski definition) is 0. The average Bonchev–Trinajstić information content (AvgIpc) is 3.20. The quantitative estimate of drug-likeness (QED) is 0.470. The summed E-state index contributed by atoms with van der Waals surface area (Å²) < 4.78 is 12.8. The summed E-state index contributed by atoms with van der Waals surface area (Å²) in [5.41, 5.74) is 1.12. The predicted molar refractivity (Wildman–Crippen MR) is 109 cm³/mol. The molecule has 1 fully saturated rings. The van der Waals surface area contributed by atoms with Gasteiger partial charge in [-0.1, -0.05) is 35.5 Å². The van der Waals surface area contributed by atoms with E-state index < -0.39 is 0 Å². The number of methoxy groups -OCH3 is 1. The number of aromatic nitrogens is 2. The van der Waals surface area contributed by atoms with Crippen molar-refractivity contribution in [1.82, 2.24) is 9.55 Å². The van der Waals surface area contributed by atoms with Gasteiger partial charge >= 0.3 is 0 Å². The van der Waals surface area contributed by atoms with Crippen molar-refractivity contribution in [3.05, 3.63) is 57.8 Å². The molecule has 5 nitrogen and oxygen atoms in total. The molecule has 1 unspecified atom stereocenters. The Kier molecular flexibility index (Phi) is 5.38. The fraction of sp³-hybridized carbons (Fsp3) is 0.300. The topological polar surface area (TPSA) is 53.4 Å². The molecule has 0 saturated carbocycles. The van der Waals surface area contributed by atoms with Crippen LogP contribution >= 0.6 is 23.4 Å². The molecule has 1 aromatic heterocycles. The second kappa shape index (κ2) is 7.92. The monoisotopic (exact) mass is 402 g/mol. The van der Waals surface area contributed by atoms with Crippen LogP contribution < -0.4 is 10.3 Å². The molecule has 2 heterocycles. The Morgan fingerprint density at radius 1 is 1.33 bits per heavy atom. The van der Waals surface area contributed by atoms with Gasteiger partial charge in [0, 0.05) is 17.4 Å². The van der Waals surface area contributed by atoms with E-state index in [0.717, 1.165) is 25.2 Å². The first kappa shape index (κ1) is 18.3. The van der Waals surface area contributed by atoms with Gasteiger partial charge in [-0.15, -0.1) is 0 Å². The molecule has 0 amide bonds. The number of nitrogens with zero attached hydrogens (tertiary/aromatic N) is 2. The first-order valence-electron chi connectivity index (χ1n) is 8.77. The smallest absolute Gasteiger partial charge is 0.266 e. The van der Waals surface area contributed by atoms with E-state index >= 15 is 0 Å². The highest BCUT2D eigenvalue weighted by Crippen LogP contribution is 2.29. The van der Waals surface area contributed by atoms with Crippen molar-refractivity contribution in [3.8, 4) is 11.4 Å². The van der Waals surface area contributed by atoms with Crippen LogP contribution in [0.1, 0.15) is 12.8 Å². The summed E-state index contributed by atoms with van der Waals surface area (Å²) in [5.74, 6) is 1.36. The van der Waals surface area contributed by atoms with Crippen LogP contribution in [-0.4, -0.2) is 35.1 Å². The first-order chi connectivity index (χ1) is 13.2. The minimum Gasteiger partial charge on any atom is -0.495 e. The molecule has 140 valence electrons. The number of benzene rings is 2. The second-order valence-electron chi connectivity index (χ2n) is 6.31. The Morgan fingerprint density at radius 2 is 2.19 bits per heavy atom. The standard InChI is InChI=1S/C20H19ClN2O3S/c1-25-18-7-3-2-6-17(18)23-19(24)15-9-8-13(21)11-16(15)22-20(23)27-12-14-5-4-10-26-14/h2-3,6-9,11,14H,4-5,10,12H2,1H3. The number of ether oxygens (including phenoxy) is 2. The Morgan fingerprint density at radius 3 is 2.96 bits per heavy atom. The van der Waals surface area contributed by atoms with Gasteiger partial charge in [-0.25, -0.2) is 4.98 Å².